The van der Waals surface area contributed by atoms with E-state index in [1.807, 2.05) is 0 Å². The van der Waals surface area contributed by atoms with E-state index in [0.29, 0.717) is 31.5 Å². The van der Waals surface area contributed by atoms with Crippen molar-refractivity contribution < 1.29 is 8.42 Å². The monoisotopic (exact) mass is 364 g/mol. The van der Waals surface area contributed by atoms with Gasteiger partial charge in [-0.2, -0.15) is 0 Å². The van der Waals surface area contributed by atoms with Crippen molar-refractivity contribution in [2.75, 3.05) is 31.2 Å². The summed E-state index contributed by atoms with van der Waals surface area (Å²) >= 11 is 0. The Morgan fingerprint density at radius 3 is 2.72 bits per heavy atom. The van der Waals surface area contributed by atoms with Crippen molar-refractivity contribution >= 4 is 21.7 Å². The molecule has 1 aliphatic heterocycles. The lowest BCUT2D eigenvalue weighted by molar-refractivity contribution is 0.280. The summed E-state index contributed by atoms with van der Waals surface area (Å²) in [5.41, 5.74) is 9.94. The van der Waals surface area contributed by atoms with Gasteiger partial charge in [0.1, 0.15) is 0 Å². The van der Waals surface area contributed by atoms with Gasteiger partial charge < -0.3 is 11.1 Å². The molecular formula is C18H28N4O2S. The molecule has 6 nitrogen and oxygen atoms in total. The van der Waals surface area contributed by atoms with E-state index < -0.39 is 10.0 Å². The molecule has 0 saturated carbocycles. The molecule has 1 heterocycles. The Labute approximate surface area is 150 Å². The SMILES string of the molecule is CS(=O)(=O)N1CCC(CN=C(N)Nc2cccc3c2CCCC3)CC1. The van der Waals surface area contributed by atoms with Crippen LogP contribution >= 0.6 is 0 Å². The molecule has 7 heteroatoms. The van der Waals surface area contributed by atoms with Gasteiger partial charge >= 0.3 is 0 Å². The summed E-state index contributed by atoms with van der Waals surface area (Å²) < 4.78 is 24.6. The fourth-order valence-electron chi connectivity index (χ4n) is 3.73. The van der Waals surface area contributed by atoms with E-state index in [0.717, 1.165) is 31.4 Å². The maximum Gasteiger partial charge on any atom is 0.211 e. The van der Waals surface area contributed by atoms with Gasteiger partial charge in [-0.3, -0.25) is 4.99 Å². The molecule has 0 unspecified atom stereocenters. The Balaban J connectivity index is 1.55. The zero-order chi connectivity index (χ0) is 17.9. The second kappa shape index (κ2) is 7.74. The van der Waals surface area contributed by atoms with Crippen LogP contribution in [0.3, 0.4) is 0 Å². The zero-order valence-electron chi connectivity index (χ0n) is 14.9. The quantitative estimate of drug-likeness (QED) is 0.631. The molecule has 1 saturated heterocycles. The molecule has 0 radical (unpaired) electrons. The van der Waals surface area contributed by atoms with E-state index >= 15 is 0 Å². The smallest absolute Gasteiger partial charge is 0.211 e. The van der Waals surface area contributed by atoms with E-state index in [1.165, 1.54) is 30.2 Å². The van der Waals surface area contributed by atoms with Crippen LogP contribution in [-0.4, -0.2) is 44.6 Å². The van der Waals surface area contributed by atoms with Gasteiger partial charge in [-0.15, -0.1) is 0 Å². The van der Waals surface area contributed by atoms with Crippen LogP contribution in [0.2, 0.25) is 0 Å². The number of anilines is 1. The number of hydrogen-bond acceptors (Lipinski definition) is 3. The highest BCUT2D eigenvalue weighted by Crippen LogP contribution is 2.27. The van der Waals surface area contributed by atoms with Gasteiger partial charge in [-0.05, 0) is 61.6 Å². The highest BCUT2D eigenvalue weighted by molar-refractivity contribution is 7.88. The third-order valence-corrected chi connectivity index (χ3v) is 6.52. The molecule has 0 atom stereocenters. The molecule has 0 amide bonds. The number of guanidine groups is 1. The van der Waals surface area contributed by atoms with Crippen molar-refractivity contribution in [3.63, 3.8) is 0 Å². The Bertz CT molecular complexity index is 737. The van der Waals surface area contributed by atoms with Gasteiger partial charge in [0.25, 0.3) is 0 Å². The number of nitrogens with zero attached hydrogens (tertiary/aromatic N) is 2. The molecule has 1 fully saturated rings. The molecular weight excluding hydrogens is 336 g/mol. The Kier molecular flexibility index (Phi) is 5.64. The number of rotatable bonds is 4. The Hall–Kier alpha value is -1.60. The molecule has 1 aliphatic carbocycles. The second-order valence-electron chi connectivity index (χ2n) is 7.11. The lowest BCUT2D eigenvalue weighted by Crippen LogP contribution is -2.38. The number of benzene rings is 1. The molecule has 1 aromatic carbocycles. The number of sulfonamides is 1. The number of aryl methyl sites for hydroxylation is 1. The third-order valence-electron chi connectivity index (χ3n) is 5.22. The van der Waals surface area contributed by atoms with Gasteiger partial charge in [-0.1, -0.05) is 12.1 Å². The number of fused-ring (bicyclic) bond motifs is 1. The van der Waals surface area contributed by atoms with Crippen molar-refractivity contribution in [2.45, 2.75) is 38.5 Å². The predicted octanol–water partition coefficient (Wildman–Crippen LogP) is 1.96. The summed E-state index contributed by atoms with van der Waals surface area (Å²) in [6.45, 7) is 1.81. The van der Waals surface area contributed by atoms with Gasteiger partial charge in [0.15, 0.2) is 5.96 Å². The van der Waals surface area contributed by atoms with E-state index in [4.69, 9.17) is 5.73 Å². The van der Waals surface area contributed by atoms with Crippen LogP contribution in [0.15, 0.2) is 23.2 Å². The predicted molar refractivity (Wildman–Crippen MR) is 102 cm³/mol. The summed E-state index contributed by atoms with van der Waals surface area (Å²) in [6, 6.07) is 6.33. The summed E-state index contributed by atoms with van der Waals surface area (Å²) in [4.78, 5) is 4.49. The molecule has 1 aromatic rings. The van der Waals surface area contributed by atoms with Crippen molar-refractivity contribution in [3.05, 3.63) is 29.3 Å². The van der Waals surface area contributed by atoms with Gasteiger partial charge in [-0.25, -0.2) is 12.7 Å². The average Bonchev–Trinajstić information content (AvgIpc) is 2.60. The Morgan fingerprint density at radius 1 is 1.28 bits per heavy atom. The number of nitrogens with two attached hydrogens (primary N) is 1. The van der Waals surface area contributed by atoms with Gasteiger partial charge in [0.05, 0.1) is 6.26 Å². The lowest BCUT2D eigenvalue weighted by atomic mass is 9.90. The van der Waals surface area contributed by atoms with Crippen LogP contribution in [0.5, 0.6) is 0 Å². The molecule has 138 valence electrons. The highest BCUT2D eigenvalue weighted by Gasteiger charge is 2.24. The average molecular weight is 365 g/mol. The number of hydrogen-bond donors (Lipinski definition) is 2. The standard InChI is InChI=1S/C18H28N4O2S/c1-25(23,24)22-11-9-14(10-12-22)13-20-18(19)21-17-8-4-6-15-5-2-3-7-16(15)17/h4,6,8,14H,2-3,5,7,9-13H2,1H3,(H3,19,20,21). The first-order chi connectivity index (χ1) is 11.9. The van der Waals surface area contributed by atoms with E-state index in [2.05, 4.69) is 28.5 Å². The Morgan fingerprint density at radius 2 is 2.00 bits per heavy atom. The maximum atomic E-state index is 11.5. The molecule has 3 N–H and O–H groups in total. The lowest BCUT2D eigenvalue weighted by Gasteiger charge is -2.29. The molecule has 2 aliphatic rings. The van der Waals surface area contributed by atoms with Crippen LogP contribution < -0.4 is 11.1 Å². The zero-order valence-corrected chi connectivity index (χ0v) is 15.7. The minimum atomic E-state index is -3.07. The fraction of sp³-hybridized carbons (Fsp3) is 0.611. The normalized spacial score (nSPS) is 20.3. The maximum absolute atomic E-state index is 11.5. The van der Waals surface area contributed by atoms with E-state index in [9.17, 15) is 8.42 Å². The number of aliphatic imine (C=N–C) groups is 1. The summed E-state index contributed by atoms with van der Waals surface area (Å²) in [7, 11) is -3.07. The van der Waals surface area contributed by atoms with Gasteiger partial charge in [0.2, 0.25) is 10.0 Å². The van der Waals surface area contributed by atoms with Crippen LogP contribution in [0.4, 0.5) is 5.69 Å². The first kappa shape index (κ1) is 18.2. The van der Waals surface area contributed by atoms with Crippen LogP contribution in [0, 0.1) is 5.92 Å². The van der Waals surface area contributed by atoms with Crippen molar-refractivity contribution in [3.8, 4) is 0 Å². The van der Waals surface area contributed by atoms with Crippen molar-refractivity contribution in [1.29, 1.82) is 0 Å². The molecule has 0 bridgehead atoms. The minimum absolute atomic E-state index is 0.392. The van der Waals surface area contributed by atoms with Crippen LogP contribution in [0.25, 0.3) is 0 Å². The molecule has 25 heavy (non-hydrogen) atoms. The van der Waals surface area contributed by atoms with Crippen LogP contribution in [-0.2, 0) is 22.9 Å². The highest BCUT2D eigenvalue weighted by atomic mass is 32.2. The topological polar surface area (TPSA) is 87.8 Å². The molecule has 3 rings (SSSR count). The van der Waals surface area contributed by atoms with E-state index in [1.54, 1.807) is 4.31 Å². The fourth-order valence-corrected chi connectivity index (χ4v) is 4.60. The number of nitrogens with one attached hydrogen (secondary N) is 1. The van der Waals surface area contributed by atoms with E-state index in [-0.39, 0.29) is 0 Å². The first-order valence-corrected chi connectivity index (χ1v) is 10.9. The third kappa shape index (κ3) is 4.73. The summed E-state index contributed by atoms with van der Waals surface area (Å²) in [5.74, 6) is 0.840. The minimum Gasteiger partial charge on any atom is -0.370 e. The molecule has 0 spiro atoms. The summed E-state index contributed by atoms with van der Waals surface area (Å²) in [6.07, 6.45) is 7.66. The van der Waals surface area contributed by atoms with Crippen molar-refractivity contribution in [1.82, 2.24) is 4.31 Å². The second-order valence-corrected chi connectivity index (χ2v) is 9.09. The summed E-state index contributed by atoms with van der Waals surface area (Å²) in [5, 5.41) is 3.26. The van der Waals surface area contributed by atoms with Gasteiger partial charge in [0, 0.05) is 25.3 Å². The van der Waals surface area contributed by atoms with Crippen LogP contribution in [0.1, 0.15) is 36.8 Å². The molecule has 0 aromatic heterocycles. The first-order valence-electron chi connectivity index (χ1n) is 9.06. The largest absolute Gasteiger partial charge is 0.370 e. The van der Waals surface area contributed by atoms with Crippen molar-refractivity contribution in [2.24, 2.45) is 16.6 Å². The number of piperidine rings is 1.